The zero-order chi connectivity index (χ0) is 39.6. The maximum absolute atomic E-state index is 13.3. The van der Waals surface area contributed by atoms with Gasteiger partial charge in [-0.15, -0.1) is 0 Å². The van der Waals surface area contributed by atoms with Crippen LogP contribution >= 0.6 is 0 Å². The summed E-state index contributed by atoms with van der Waals surface area (Å²) in [5.41, 5.74) is 4.67. The van der Waals surface area contributed by atoms with Gasteiger partial charge in [0.05, 0.1) is 30.3 Å². The summed E-state index contributed by atoms with van der Waals surface area (Å²) in [6, 6.07) is 32.3. The summed E-state index contributed by atoms with van der Waals surface area (Å²) in [6.07, 6.45) is 7.97. The number of phenols is 1. The second kappa shape index (κ2) is 19.3. The fraction of sp³-hybridized carbons (Fsp3) is 0.404. The predicted molar refractivity (Wildman–Crippen MR) is 225 cm³/mol. The van der Waals surface area contributed by atoms with Crippen molar-refractivity contribution in [2.75, 3.05) is 39.3 Å². The Morgan fingerprint density at radius 1 is 0.825 bits per heavy atom. The lowest BCUT2D eigenvalue weighted by molar-refractivity contribution is -0.000806. The molecule has 0 spiro atoms. The number of phenolic OH excluding ortho intramolecular Hbond substituents is 1. The number of pyridine rings is 1. The molecule has 0 radical (unpaired) electrons. The van der Waals surface area contributed by atoms with E-state index in [1.165, 1.54) is 12.1 Å². The van der Waals surface area contributed by atoms with Gasteiger partial charge < -0.3 is 35.3 Å². The molecule has 10 heteroatoms. The molecule has 1 unspecified atom stereocenters. The van der Waals surface area contributed by atoms with Crippen molar-refractivity contribution in [3.63, 3.8) is 0 Å². The first-order valence-electron chi connectivity index (χ1n) is 20.7. The maximum Gasteiger partial charge on any atom is 0.408 e. The molecule has 4 aromatic carbocycles. The number of H-pyrrole nitrogens is 1. The monoisotopic (exact) mass is 772 g/mol. The van der Waals surface area contributed by atoms with Gasteiger partial charge in [-0.25, -0.2) is 4.79 Å². The van der Waals surface area contributed by atoms with E-state index in [0.29, 0.717) is 35.5 Å². The number of nitrogens with zero attached hydrogens (tertiary/aromatic N) is 2. The Bertz CT molecular complexity index is 2120. The van der Waals surface area contributed by atoms with Crippen molar-refractivity contribution in [3.05, 3.63) is 130 Å². The van der Waals surface area contributed by atoms with Crippen molar-refractivity contribution < 1.29 is 24.9 Å². The van der Waals surface area contributed by atoms with E-state index in [2.05, 4.69) is 45.5 Å². The first-order chi connectivity index (χ1) is 27.9. The van der Waals surface area contributed by atoms with Crippen molar-refractivity contribution in [2.24, 2.45) is 5.92 Å². The number of aromatic nitrogens is 1. The highest BCUT2D eigenvalue weighted by molar-refractivity contribution is 5.87. The summed E-state index contributed by atoms with van der Waals surface area (Å²) in [5, 5.41) is 35.8. The van der Waals surface area contributed by atoms with E-state index in [0.717, 1.165) is 112 Å². The summed E-state index contributed by atoms with van der Waals surface area (Å²) in [6.45, 7) is 4.65. The van der Waals surface area contributed by atoms with Gasteiger partial charge in [-0.05, 0) is 109 Å². The summed E-state index contributed by atoms with van der Waals surface area (Å²) < 4.78 is 6.46. The lowest BCUT2D eigenvalue weighted by Gasteiger charge is -2.50. The van der Waals surface area contributed by atoms with Crippen LogP contribution in [0.15, 0.2) is 108 Å². The topological polar surface area (TPSA) is 138 Å². The Morgan fingerprint density at radius 3 is 2.23 bits per heavy atom. The van der Waals surface area contributed by atoms with Crippen LogP contribution in [0.1, 0.15) is 86.6 Å². The molecule has 3 aliphatic rings. The highest BCUT2D eigenvalue weighted by Gasteiger charge is 2.43. The van der Waals surface area contributed by atoms with Crippen LogP contribution in [-0.2, 0) is 0 Å². The van der Waals surface area contributed by atoms with Gasteiger partial charge in [-0.1, -0.05) is 98.8 Å². The molecule has 4 heterocycles. The van der Waals surface area contributed by atoms with Crippen LogP contribution in [0, 0.1) is 5.92 Å². The average molecular weight is 773 g/mol. The van der Waals surface area contributed by atoms with Crippen LogP contribution in [0.5, 0.6) is 11.5 Å². The van der Waals surface area contributed by atoms with Crippen LogP contribution in [0.2, 0.25) is 0 Å². The number of carbonyl (C=O) groups is 1. The van der Waals surface area contributed by atoms with Crippen molar-refractivity contribution >= 4 is 17.0 Å². The number of unbranched alkanes of at least 4 members (excludes halogenated alkanes) is 6. The molecule has 5 N–H and O–H groups in total. The largest absolute Gasteiger partial charge is 0.506 e. The highest BCUT2D eigenvalue weighted by atomic mass is 16.5. The number of hydrogen-bond acceptors (Lipinski definition) is 7. The molecule has 3 saturated heterocycles. The van der Waals surface area contributed by atoms with Crippen LogP contribution in [0.25, 0.3) is 22.0 Å². The van der Waals surface area contributed by atoms with E-state index in [4.69, 9.17) is 4.74 Å². The average Bonchev–Trinajstić information content (AvgIpc) is 3.24. The molecule has 8 rings (SSSR count). The summed E-state index contributed by atoms with van der Waals surface area (Å²) in [7, 11) is 0. The number of nitrogens with one attached hydrogen (secondary N) is 2. The number of benzene rings is 4. The van der Waals surface area contributed by atoms with E-state index < -0.39 is 18.2 Å². The number of aliphatic hydroxyl groups is 1. The van der Waals surface area contributed by atoms with Gasteiger partial charge >= 0.3 is 6.09 Å². The Kier molecular flexibility index (Phi) is 13.6. The zero-order valence-corrected chi connectivity index (χ0v) is 32.7. The van der Waals surface area contributed by atoms with Gasteiger partial charge in [0.2, 0.25) is 5.56 Å². The molecule has 10 nitrogen and oxygen atoms in total. The fourth-order valence-corrected chi connectivity index (χ4v) is 8.83. The first-order valence-corrected chi connectivity index (χ1v) is 20.7. The quantitative estimate of drug-likeness (QED) is 0.0527. The fourth-order valence-electron chi connectivity index (χ4n) is 8.83. The minimum absolute atomic E-state index is 0.0143. The van der Waals surface area contributed by atoms with Crippen LogP contribution < -0.4 is 15.6 Å². The number of piperidine rings is 3. The maximum atomic E-state index is 13.3. The number of amides is 1. The van der Waals surface area contributed by atoms with E-state index in [-0.39, 0.29) is 17.4 Å². The lowest BCUT2D eigenvalue weighted by Crippen LogP contribution is -2.59. The Balaban J connectivity index is 0.907. The van der Waals surface area contributed by atoms with E-state index in [1.807, 2.05) is 48.5 Å². The third-order valence-corrected chi connectivity index (χ3v) is 11.8. The Morgan fingerprint density at radius 2 is 1.53 bits per heavy atom. The zero-order valence-electron chi connectivity index (χ0n) is 32.7. The number of aromatic amines is 1. The Hall–Kier alpha value is -5.16. The molecule has 0 aliphatic carbocycles. The number of rotatable bonds is 19. The molecule has 3 aliphatic heterocycles. The SMILES string of the molecule is O=C(O)N(C(c1ccccc1)c1cc(OCCCCCCCCCNC[C@H](O)c2ccc(O)c3[nH]c(=O)ccc23)cc(-c2ccccc2)c1)[C@H]1CN2CCC1CC2. The molecule has 57 heavy (non-hydrogen) atoms. The van der Waals surface area contributed by atoms with Crippen LogP contribution in [-0.4, -0.2) is 81.6 Å². The highest BCUT2D eigenvalue weighted by Crippen LogP contribution is 2.40. The van der Waals surface area contributed by atoms with E-state index in [9.17, 15) is 24.9 Å². The number of hydrogen-bond donors (Lipinski definition) is 5. The first kappa shape index (κ1) is 40.1. The lowest BCUT2D eigenvalue weighted by atomic mass is 9.81. The molecule has 1 aromatic heterocycles. The second-order valence-electron chi connectivity index (χ2n) is 15.7. The molecular formula is C47H56N4O6. The Labute approximate surface area is 335 Å². The molecular weight excluding hydrogens is 717 g/mol. The van der Waals surface area contributed by atoms with Gasteiger partial charge in [0.25, 0.3) is 0 Å². The standard InChI is InChI=1S/C47H56N4O6/c52-42-20-18-39(40-19-21-44(54)49-45(40)42)43(53)31-48-24-12-4-2-1-3-5-13-27-57-38-29-36(33-14-8-6-9-15-33)28-37(30-38)46(35-16-10-7-11-17-35)51(47(55)56)41-32-50-25-22-34(41)23-26-50/h6-11,14-21,28-30,34,41,43,46,48,52-53H,1-5,12-13,22-27,31-32H2,(H,49,54)(H,55,56)/t41-,43-,46?/m0/s1. The van der Waals surface area contributed by atoms with Gasteiger partial charge in [-0.3, -0.25) is 9.69 Å². The van der Waals surface area contributed by atoms with Gasteiger partial charge in [-0.2, -0.15) is 0 Å². The normalized spacial score (nSPS) is 18.6. The number of carboxylic acid groups (broad SMARTS) is 1. The van der Waals surface area contributed by atoms with Gasteiger partial charge in [0.15, 0.2) is 0 Å². The van der Waals surface area contributed by atoms with Crippen LogP contribution in [0.4, 0.5) is 4.79 Å². The summed E-state index contributed by atoms with van der Waals surface area (Å²) >= 11 is 0. The third kappa shape index (κ3) is 10.1. The third-order valence-electron chi connectivity index (χ3n) is 11.8. The van der Waals surface area contributed by atoms with Gasteiger partial charge in [0.1, 0.15) is 11.5 Å². The summed E-state index contributed by atoms with van der Waals surface area (Å²) in [4.78, 5) is 31.8. The van der Waals surface area contributed by atoms with E-state index in [1.54, 1.807) is 17.0 Å². The second-order valence-corrected chi connectivity index (χ2v) is 15.7. The predicted octanol–water partition coefficient (Wildman–Crippen LogP) is 8.50. The minimum atomic E-state index is -0.884. The number of aromatic hydroxyl groups is 1. The van der Waals surface area contributed by atoms with E-state index >= 15 is 0 Å². The summed E-state index contributed by atoms with van der Waals surface area (Å²) in [5.74, 6) is 1.10. The van der Waals surface area contributed by atoms with Crippen molar-refractivity contribution in [1.82, 2.24) is 20.1 Å². The molecule has 5 aromatic rings. The van der Waals surface area contributed by atoms with Crippen LogP contribution in [0.3, 0.4) is 0 Å². The van der Waals surface area contributed by atoms with Crippen molar-refractivity contribution in [2.45, 2.75) is 76.0 Å². The molecule has 300 valence electrons. The molecule has 2 bridgehead atoms. The van der Waals surface area contributed by atoms with Crippen molar-refractivity contribution in [1.29, 1.82) is 0 Å². The number of aliphatic hydroxyl groups excluding tert-OH is 1. The smallest absolute Gasteiger partial charge is 0.408 e. The van der Waals surface area contributed by atoms with Crippen molar-refractivity contribution in [3.8, 4) is 22.6 Å². The number of ether oxygens (including phenoxy) is 1. The molecule has 0 saturated carbocycles. The molecule has 3 fully saturated rings. The molecule has 3 atom stereocenters. The molecule has 1 amide bonds. The number of fused-ring (bicyclic) bond motifs is 4. The van der Waals surface area contributed by atoms with Gasteiger partial charge in [0, 0.05) is 24.5 Å². The minimum Gasteiger partial charge on any atom is -0.506 e.